The predicted molar refractivity (Wildman–Crippen MR) is 135 cm³/mol. The lowest BCUT2D eigenvalue weighted by Gasteiger charge is -2.26. The Hall–Kier alpha value is -4.59. The van der Waals surface area contributed by atoms with Crippen LogP contribution in [0.3, 0.4) is 0 Å². The molecule has 1 heterocycles. The Bertz CT molecular complexity index is 1310. The van der Waals surface area contributed by atoms with E-state index in [1.54, 1.807) is 42.5 Å². The minimum Gasteiger partial charge on any atom is -0.493 e. The number of rotatable bonds is 8. The second-order valence-electron chi connectivity index (χ2n) is 8.07. The molecule has 36 heavy (non-hydrogen) atoms. The summed E-state index contributed by atoms with van der Waals surface area (Å²) in [5.41, 5.74) is 2.86. The monoisotopic (exact) mass is 486 g/mol. The van der Waals surface area contributed by atoms with Gasteiger partial charge in [-0.2, -0.15) is 0 Å². The van der Waals surface area contributed by atoms with E-state index >= 15 is 0 Å². The van der Waals surface area contributed by atoms with E-state index < -0.39 is 17.8 Å². The average Bonchev–Trinajstić information content (AvgIpc) is 2.87. The first-order chi connectivity index (χ1) is 17.4. The van der Waals surface area contributed by atoms with Crippen molar-refractivity contribution >= 4 is 29.6 Å². The quantitative estimate of drug-likeness (QED) is 0.368. The summed E-state index contributed by atoms with van der Waals surface area (Å²) in [6, 6.07) is 18.7. The Labute approximate surface area is 209 Å². The van der Waals surface area contributed by atoms with Crippen LogP contribution in [0.1, 0.15) is 23.6 Å². The molecule has 4 amide bonds. The molecule has 0 aromatic heterocycles. The normalized spacial score (nSPS) is 14.6. The Morgan fingerprint density at radius 1 is 0.889 bits per heavy atom. The maximum atomic E-state index is 13.2. The molecule has 3 aromatic carbocycles. The summed E-state index contributed by atoms with van der Waals surface area (Å²) in [5.74, 6) is 0.0849. The molecule has 0 radical (unpaired) electrons. The van der Waals surface area contributed by atoms with Crippen molar-refractivity contribution in [3.05, 3.63) is 89.0 Å². The highest BCUT2D eigenvalue weighted by molar-refractivity contribution is 6.39. The van der Waals surface area contributed by atoms with Gasteiger partial charge in [0.05, 0.1) is 19.4 Å². The van der Waals surface area contributed by atoms with Crippen LogP contribution in [0.5, 0.6) is 17.2 Å². The van der Waals surface area contributed by atoms with Crippen LogP contribution in [0.15, 0.2) is 72.3 Å². The number of urea groups is 1. The maximum Gasteiger partial charge on any atom is 0.335 e. The standard InChI is InChI=1S/C28H26N2O6/c1-4-35-24-14-9-20(16-25(24)34-3)15-23-26(31)29-28(33)30(27(23)32)21-10-12-22(13-11-21)36-17-19-7-5-18(2)6-8-19/h5-16H,4,17H2,1-3H3,(H,29,31,33)/b23-15+. The molecule has 1 saturated heterocycles. The third-order valence-corrected chi connectivity index (χ3v) is 5.52. The first-order valence-corrected chi connectivity index (χ1v) is 11.4. The summed E-state index contributed by atoms with van der Waals surface area (Å²) < 4.78 is 16.6. The summed E-state index contributed by atoms with van der Waals surface area (Å²) in [6.07, 6.45) is 1.41. The molecule has 0 aliphatic carbocycles. The minimum atomic E-state index is -0.820. The van der Waals surface area contributed by atoms with Crippen LogP contribution in [0, 0.1) is 6.92 Å². The largest absolute Gasteiger partial charge is 0.493 e. The van der Waals surface area contributed by atoms with E-state index in [4.69, 9.17) is 14.2 Å². The van der Waals surface area contributed by atoms with Crippen LogP contribution in [0.2, 0.25) is 0 Å². The first-order valence-electron chi connectivity index (χ1n) is 11.4. The number of anilines is 1. The zero-order valence-electron chi connectivity index (χ0n) is 20.2. The van der Waals surface area contributed by atoms with Gasteiger partial charge in [0.2, 0.25) is 0 Å². The molecule has 1 N–H and O–H groups in total. The minimum absolute atomic E-state index is 0.180. The van der Waals surface area contributed by atoms with E-state index in [1.165, 1.54) is 18.7 Å². The third-order valence-electron chi connectivity index (χ3n) is 5.52. The molecule has 3 aromatic rings. The van der Waals surface area contributed by atoms with Crippen LogP contribution in [-0.2, 0) is 16.2 Å². The number of carbonyl (C=O) groups excluding carboxylic acids is 3. The number of hydrogen-bond donors (Lipinski definition) is 1. The molecule has 0 atom stereocenters. The fourth-order valence-corrected chi connectivity index (χ4v) is 3.65. The number of benzene rings is 3. The Balaban J connectivity index is 1.53. The lowest BCUT2D eigenvalue weighted by molar-refractivity contribution is -0.122. The van der Waals surface area contributed by atoms with E-state index in [1.807, 2.05) is 38.1 Å². The maximum absolute atomic E-state index is 13.2. The van der Waals surface area contributed by atoms with E-state index in [0.717, 1.165) is 10.5 Å². The van der Waals surface area contributed by atoms with Gasteiger partial charge < -0.3 is 14.2 Å². The summed E-state index contributed by atoms with van der Waals surface area (Å²) in [4.78, 5) is 39.1. The van der Waals surface area contributed by atoms with E-state index in [9.17, 15) is 14.4 Å². The molecule has 0 saturated carbocycles. The second kappa shape index (κ2) is 10.8. The number of carbonyl (C=O) groups is 3. The molecular formula is C28H26N2O6. The zero-order chi connectivity index (χ0) is 25.7. The SMILES string of the molecule is CCOc1ccc(/C=C2\C(=O)NC(=O)N(c3ccc(OCc4ccc(C)cc4)cc3)C2=O)cc1OC. The number of aryl methyl sites for hydroxylation is 1. The fourth-order valence-electron chi connectivity index (χ4n) is 3.65. The summed E-state index contributed by atoms with van der Waals surface area (Å²) >= 11 is 0. The molecule has 8 nitrogen and oxygen atoms in total. The van der Waals surface area contributed by atoms with Gasteiger partial charge in [0.25, 0.3) is 11.8 Å². The number of ether oxygens (including phenoxy) is 3. The van der Waals surface area contributed by atoms with Crippen molar-refractivity contribution in [1.29, 1.82) is 0 Å². The molecule has 0 unspecified atom stereocenters. The number of barbiturate groups is 1. The van der Waals surface area contributed by atoms with Gasteiger partial charge >= 0.3 is 6.03 Å². The van der Waals surface area contributed by atoms with Crippen molar-refractivity contribution in [2.45, 2.75) is 20.5 Å². The molecular weight excluding hydrogens is 460 g/mol. The lowest BCUT2D eigenvalue weighted by Crippen LogP contribution is -2.54. The van der Waals surface area contributed by atoms with Crippen LogP contribution in [0.25, 0.3) is 6.08 Å². The highest BCUT2D eigenvalue weighted by Crippen LogP contribution is 2.30. The summed E-state index contributed by atoms with van der Waals surface area (Å²) in [5, 5.41) is 2.23. The van der Waals surface area contributed by atoms with Crippen LogP contribution in [0.4, 0.5) is 10.5 Å². The molecule has 0 spiro atoms. The number of nitrogens with one attached hydrogen (secondary N) is 1. The molecule has 1 aliphatic rings. The van der Waals surface area contributed by atoms with Gasteiger partial charge in [-0.3, -0.25) is 14.9 Å². The van der Waals surface area contributed by atoms with E-state index in [0.29, 0.717) is 41.7 Å². The van der Waals surface area contributed by atoms with Gasteiger partial charge in [0.15, 0.2) is 11.5 Å². The van der Waals surface area contributed by atoms with Crippen LogP contribution < -0.4 is 24.4 Å². The molecule has 8 heteroatoms. The van der Waals surface area contributed by atoms with Gasteiger partial charge in [-0.05, 0) is 67.4 Å². The van der Waals surface area contributed by atoms with Crippen molar-refractivity contribution in [3.63, 3.8) is 0 Å². The topological polar surface area (TPSA) is 94.2 Å². The van der Waals surface area contributed by atoms with Crippen LogP contribution >= 0.6 is 0 Å². The van der Waals surface area contributed by atoms with E-state index in [2.05, 4.69) is 5.32 Å². The molecule has 184 valence electrons. The van der Waals surface area contributed by atoms with Crippen molar-refractivity contribution in [3.8, 4) is 17.2 Å². The molecule has 4 rings (SSSR count). The Kier molecular flexibility index (Phi) is 7.34. The summed E-state index contributed by atoms with van der Waals surface area (Å²) in [7, 11) is 1.50. The predicted octanol–water partition coefficient (Wildman–Crippen LogP) is 4.65. The van der Waals surface area contributed by atoms with Gasteiger partial charge in [-0.1, -0.05) is 35.9 Å². The number of amides is 4. The van der Waals surface area contributed by atoms with Gasteiger partial charge in [-0.15, -0.1) is 0 Å². The van der Waals surface area contributed by atoms with Crippen LogP contribution in [-0.4, -0.2) is 31.6 Å². The lowest BCUT2D eigenvalue weighted by atomic mass is 10.1. The Morgan fingerprint density at radius 2 is 1.61 bits per heavy atom. The average molecular weight is 487 g/mol. The smallest absolute Gasteiger partial charge is 0.335 e. The molecule has 1 fully saturated rings. The molecule has 0 bridgehead atoms. The van der Waals surface area contributed by atoms with E-state index in [-0.39, 0.29) is 5.57 Å². The number of nitrogens with zero attached hydrogens (tertiary/aromatic N) is 1. The van der Waals surface area contributed by atoms with Gasteiger partial charge in [-0.25, -0.2) is 9.69 Å². The highest BCUT2D eigenvalue weighted by Gasteiger charge is 2.36. The third kappa shape index (κ3) is 5.38. The number of imide groups is 2. The van der Waals surface area contributed by atoms with Gasteiger partial charge in [0.1, 0.15) is 17.9 Å². The number of hydrogen-bond acceptors (Lipinski definition) is 6. The zero-order valence-corrected chi connectivity index (χ0v) is 20.2. The first kappa shape index (κ1) is 24.5. The van der Waals surface area contributed by atoms with Crippen molar-refractivity contribution in [1.82, 2.24) is 5.32 Å². The molecule has 1 aliphatic heterocycles. The van der Waals surface area contributed by atoms with Crippen molar-refractivity contribution in [2.24, 2.45) is 0 Å². The summed E-state index contributed by atoms with van der Waals surface area (Å²) in [6.45, 7) is 4.72. The van der Waals surface area contributed by atoms with Crippen molar-refractivity contribution < 1.29 is 28.6 Å². The number of methoxy groups -OCH3 is 1. The highest BCUT2D eigenvalue weighted by atomic mass is 16.5. The Morgan fingerprint density at radius 3 is 2.28 bits per heavy atom. The fraction of sp³-hybridized carbons (Fsp3) is 0.179. The van der Waals surface area contributed by atoms with Gasteiger partial charge in [0, 0.05) is 0 Å². The second-order valence-corrected chi connectivity index (χ2v) is 8.07. The van der Waals surface area contributed by atoms with Crippen molar-refractivity contribution in [2.75, 3.05) is 18.6 Å².